The molecule has 2 heterocycles. The number of rotatable bonds is 15. The van der Waals surface area contributed by atoms with Crippen LogP contribution in [0.2, 0.25) is 0 Å². The number of nitrogens with zero attached hydrogens (tertiary/aromatic N) is 1. The van der Waals surface area contributed by atoms with Gasteiger partial charge in [0, 0.05) is 49.5 Å². The van der Waals surface area contributed by atoms with E-state index in [-0.39, 0.29) is 48.6 Å². The molecule has 1 aliphatic carbocycles. The van der Waals surface area contributed by atoms with E-state index in [1.807, 2.05) is 63.2 Å². The Kier molecular flexibility index (Phi) is 14.4. The van der Waals surface area contributed by atoms with Gasteiger partial charge >= 0.3 is 5.97 Å². The lowest BCUT2D eigenvalue weighted by atomic mass is 9.75. The van der Waals surface area contributed by atoms with E-state index in [0.29, 0.717) is 57.2 Å². The lowest BCUT2D eigenvalue weighted by Gasteiger charge is -2.50. The van der Waals surface area contributed by atoms with Crippen molar-refractivity contribution < 1.29 is 34.1 Å². The van der Waals surface area contributed by atoms with Gasteiger partial charge in [0.2, 0.25) is 11.8 Å². The summed E-state index contributed by atoms with van der Waals surface area (Å²) < 4.78 is 13.6. The SMILES string of the molecule is CC(C)(C)NC(=O)[C@H]1CC[C@H]2CCCC[C@H]2N1C[C@H]1C[C@@H](c2ccc(CO)cc2)O[C@@H](c2ccc(-c3ccccc3CNC(=O)CCCCCC(=O)O)cc2)O1. The summed E-state index contributed by atoms with van der Waals surface area (Å²) in [5.74, 6) is -0.154. The lowest BCUT2D eigenvalue weighted by Crippen LogP contribution is -2.61. The minimum absolute atomic E-state index is 0.0201. The van der Waals surface area contributed by atoms with Gasteiger partial charge in [-0.2, -0.15) is 0 Å². The van der Waals surface area contributed by atoms with E-state index in [0.717, 1.165) is 52.6 Å². The van der Waals surface area contributed by atoms with Gasteiger partial charge in [0.05, 0.1) is 24.9 Å². The molecule has 1 saturated carbocycles. The fourth-order valence-corrected chi connectivity index (χ4v) is 8.79. The number of hydrogen-bond acceptors (Lipinski definition) is 7. The standard InChI is InChI=1S/C46H61N3O7/c1-46(2,3)48-44(54)40-26-25-33-11-8-10-14-39(33)49(40)29-37-27-41(34-19-17-31(30-50)18-20-34)56-45(55-37)35-23-21-32(22-24-35)38-13-9-7-12-36(38)28-47-42(51)15-5-4-6-16-43(52)53/h7,9,12-13,17-24,33,37,39-41,45,50H,4-6,8,10-11,14-16,25-30H2,1-3H3,(H,47,51)(H,48,54)(H,52,53)/t33-,37-,39-,40-,41+,45+/m1/s1. The number of ether oxygens (including phenoxy) is 2. The van der Waals surface area contributed by atoms with Crippen molar-refractivity contribution in [3.05, 3.63) is 95.1 Å². The smallest absolute Gasteiger partial charge is 0.303 e. The largest absolute Gasteiger partial charge is 0.481 e. The monoisotopic (exact) mass is 767 g/mol. The number of benzene rings is 3. The molecule has 3 aromatic carbocycles. The Morgan fingerprint density at radius 2 is 1.54 bits per heavy atom. The number of aliphatic hydroxyl groups excluding tert-OH is 1. The topological polar surface area (TPSA) is 137 Å². The Hall–Kier alpha value is -4.09. The molecule has 0 spiro atoms. The van der Waals surface area contributed by atoms with Gasteiger partial charge in [-0.25, -0.2) is 0 Å². The summed E-state index contributed by atoms with van der Waals surface area (Å²) in [6.07, 6.45) is 8.74. The van der Waals surface area contributed by atoms with E-state index >= 15 is 0 Å². The van der Waals surface area contributed by atoms with E-state index in [9.17, 15) is 19.5 Å². The molecule has 2 aliphatic heterocycles. The summed E-state index contributed by atoms with van der Waals surface area (Å²) in [6.45, 7) is 7.15. The summed E-state index contributed by atoms with van der Waals surface area (Å²) in [6, 6.07) is 24.4. The Labute approximate surface area is 332 Å². The third-order valence-electron chi connectivity index (χ3n) is 11.6. The van der Waals surface area contributed by atoms with Crippen LogP contribution in [0, 0.1) is 5.92 Å². The molecule has 2 saturated heterocycles. The first-order chi connectivity index (χ1) is 27.0. The van der Waals surface area contributed by atoms with Crippen molar-refractivity contribution in [2.75, 3.05) is 6.54 Å². The van der Waals surface area contributed by atoms with Gasteiger partial charge in [0.25, 0.3) is 0 Å². The van der Waals surface area contributed by atoms with Gasteiger partial charge in [-0.3, -0.25) is 19.3 Å². The molecule has 0 radical (unpaired) electrons. The highest BCUT2D eigenvalue weighted by molar-refractivity contribution is 5.82. The van der Waals surface area contributed by atoms with Gasteiger partial charge in [-0.1, -0.05) is 92.1 Å². The van der Waals surface area contributed by atoms with Crippen LogP contribution in [0.25, 0.3) is 11.1 Å². The molecular formula is C46H61N3O7. The highest BCUT2D eigenvalue weighted by Gasteiger charge is 2.44. The molecule has 56 heavy (non-hydrogen) atoms. The molecule has 3 fully saturated rings. The molecule has 10 heteroatoms. The number of piperidine rings is 1. The van der Waals surface area contributed by atoms with E-state index in [1.165, 1.54) is 19.3 Å². The van der Waals surface area contributed by atoms with Crippen molar-refractivity contribution in [1.82, 2.24) is 15.5 Å². The number of amides is 2. The predicted molar refractivity (Wildman–Crippen MR) is 216 cm³/mol. The number of aliphatic hydroxyl groups is 1. The van der Waals surface area contributed by atoms with Crippen LogP contribution in [0.5, 0.6) is 0 Å². The number of hydrogen-bond donors (Lipinski definition) is 4. The molecule has 3 aromatic rings. The molecule has 3 aliphatic rings. The average molecular weight is 768 g/mol. The molecule has 2 amide bonds. The quantitative estimate of drug-likeness (QED) is 0.114. The van der Waals surface area contributed by atoms with Gasteiger partial charge in [-0.05, 0) is 93.0 Å². The zero-order chi connectivity index (χ0) is 39.7. The van der Waals surface area contributed by atoms with Crippen molar-refractivity contribution in [1.29, 1.82) is 0 Å². The van der Waals surface area contributed by atoms with Gasteiger partial charge in [0.15, 0.2) is 6.29 Å². The summed E-state index contributed by atoms with van der Waals surface area (Å²) in [5.41, 5.74) is 5.51. The summed E-state index contributed by atoms with van der Waals surface area (Å²) in [7, 11) is 0. The van der Waals surface area contributed by atoms with Gasteiger partial charge in [0.1, 0.15) is 0 Å². The van der Waals surface area contributed by atoms with Crippen LogP contribution >= 0.6 is 0 Å². The first-order valence-electron chi connectivity index (χ1n) is 20.7. The Balaban J connectivity index is 1.19. The van der Waals surface area contributed by atoms with Crippen molar-refractivity contribution >= 4 is 17.8 Å². The second kappa shape index (κ2) is 19.4. The Bertz CT molecular complexity index is 1760. The van der Waals surface area contributed by atoms with E-state index in [4.69, 9.17) is 14.6 Å². The molecule has 10 nitrogen and oxygen atoms in total. The summed E-state index contributed by atoms with van der Waals surface area (Å²) >= 11 is 0. The number of carboxylic acids is 1. The van der Waals surface area contributed by atoms with Gasteiger partial charge in [-0.15, -0.1) is 0 Å². The maximum atomic E-state index is 13.8. The minimum atomic E-state index is -0.807. The molecule has 302 valence electrons. The number of unbranched alkanes of at least 4 members (excludes halogenated alkanes) is 2. The van der Waals surface area contributed by atoms with E-state index in [2.05, 4.69) is 45.9 Å². The molecule has 0 unspecified atom stereocenters. The maximum Gasteiger partial charge on any atom is 0.303 e. The number of likely N-dealkylation sites (tertiary alicyclic amines) is 1. The van der Waals surface area contributed by atoms with Crippen molar-refractivity contribution in [2.45, 2.75) is 147 Å². The van der Waals surface area contributed by atoms with Gasteiger partial charge < -0.3 is 30.3 Å². The predicted octanol–water partition coefficient (Wildman–Crippen LogP) is 7.98. The van der Waals surface area contributed by atoms with Crippen LogP contribution in [0.3, 0.4) is 0 Å². The van der Waals surface area contributed by atoms with Crippen LogP contribution in [0.4, 0.5) is 0 Å². The van der Waals surface area contributed by atoms with Crippen LogP contribution in [-0.4, -0.2) is 63.2 Å². The van der Waals surface area contributed by atoms with Crippen LogP contribution in [0.15, 0.2) is 72.8 Å². The molecule has 6 atom stereocenters. The summed E-state index contributed by atoms with van der Waals surface area (Å²) in [5, 5.41) is 24.9. The zero-order valence-electron chi connectivity index (χ0n) is 33.4. The Morgan fingerprint density at radius 3 is 2.27 bits per heavy atom. The third kappa shape index (κ3) is 11.3. The average Bonchev–Trinajstić information content (AvgIpc) is 3.19. The number of carboxylic acid groups (broad SMARTS) is 1. The van der Waals surface area contributed by atoms with Crippen molar-refractivity contribution in [3.8, 4) is 11.1 Å². The molecule has 6 rings (SSSR count). The number of aliphatic carboxylic acids is 1. The van der Waals surface area contributed by atoms with Crippen molar-refractivity contribution in [2.24, 2.45) is 5.92 Å². The zero-order valence-corrected chi connectivity index (χ0v) is 33.4. The van der Waals surface area contributed by atoms with E-state index < -0.39 is 12.3 Å². The molecule has 0 bridgehead atoms. The van der Waals surface area contributed by atoms with Crippen LogP contribution < -0.4 is 10.6 Å². The number of carbonyl (C=O) groups excluding carboxylic acids is 2. The first-order valence-corrected chi connectivity index (χ1v) is 20.7. The number of nitrogens with one attached hydrogen (secondary N) is 2. The normalized spacial score (nSPS) is 24.2. The fourth-order valence-electron chi connectivity index (χ4n) is 8.79. The number of fused-ring (bicyclic) bond motifs is 1. The fraction of sp³-hybridized carbons (Fsp3) is 0.543. The highest BCUT2D eigenvalue weighted by atomic mass is 16.7. The molecule has 4 N–H and O–H groups in total. The second-order valence-electron chi connectivity index (χ2n) is 17.0. The number of carbonyl (C=O) groups is 3. The third-order valence-corrected chi connectivity index (χ3v) is 11.6. The summed E-state index contributed by atoms with van der Waals surface area (Å²) in [4.78, 5) is 39.6. The van der Waals surface area contributed by atoms with Crippen molar-refractivity contribution in [3.63, 3.8) is 0 Å². The maximum absolute atomic E-state index is 13.8. The Morgan fingerprint density at radius 1 is 0.821 bits per heavy atom. The second-order valence-corrected chi connectivity index (χ2v) is 17.0. The van der Waals surface area contributed by atoms with E-state index in [1.54, 1.807) is 0 Å². The van der Waals surface area contributed by atoms with Crippen LogP contribution in [-0.2, 0) is 37.0 Å². The minimum Gasteiger partial charge on any atom is -0.481 e. The first kappa shape index (κ1) is 41.5. The molecular weight excluding hydrogens is 707 g/mol. The highest BCUT2D eigenvalue weighted by Crippen LogP contribution is 2.42. The van der Waals surface area contributed by atoms with Crippen LogP contribution in [0.1, 0.15) is 132 Å². The molecule has 0 aromatic heterocycles. The lowest BCUT2D eigenvalue weighted by molar-refractivity contribution is -0.255.